The fraction of sp³-hybridized carbons (Fsp3) is 0.125. The van der Waals surface area contributed by atoms with Gasteiger partial charge in [-0.3, -0.25) is 19.3 Å². The van der Waals surface area contributed by atoms with Crippen molar-refractivity contribution in [2.24, 2.45) is 0 Å². The second-order valence-electron chi connectivity index (χ2n) is 6.92. The summed E-state index contributed by atoms with van der Waals surface area (Å²) >= 11 is 3.07. The Hall–Kier alpha value is -3.25. The molecule has 1 aliphatic heterocycles. The van der Waals surface area contributed by atoms with E-state index in [9.17, 15) is 14.4 Å². The standard InChI is InChI=1S/C24H18BrNO4/c25-16-21(27)30-24(15-17-9-3-1-4-10-17)22(28)19-13-7-8-14-20(19)26(23(24)29)18-11-5-2-6-12-18/h1-14H,15-16H2. The third-order valence-electron chi connectivity index (χ3n) is 5.01. The highest BCUT2D eigenvalue weighted by atomic mass is 79.9. The van der Waals surface area contributed by atoms with Gasteiger partial charge >= 0.3 is 5.97 Å². The van der Waals surface area contributed by atoms with Crippen LogP contribution in [0.15, 0.2) is 84.9 Å². The number of Topliss-reactive ketones (excluding diaryl/α,β-unsaturated/α-hetero) is 1. The van der Waals surface area contributed by atoms with E-state index in [1.165, 1.54) is 4.90 Å². The molecule has 3 aromatic rings. The molecule has 5 nitrogen and oxygen atoms in total. The third kappa shape index (κ3) is 3.44. The van der Waals surface area contributed by atoms with Gasteiger partial charge in [-0.05, 0) is 29.8 Å². The van der Waals surface area contributed by atoms with Crippen molar-refractivity contribution in [3.63, 3.8) is 0 Å². The monoisotopic (exact) mass is 463 g/mol. The smallest absolute Gasteiger partial charge is 0.318 e. The Labute approximate surface area is 182 Å². The molecule has 1 unspecified atom stereocenters. The lowest BCUT2D eigenvalue weighted by Gasteiger charge is -2.40. The molecule has 0 aliphatic carbocycles. The van der Waals surface area contributed by atoms with Crippen LogP contribution in [0.2, 0.25) is 0 Å². The van der Waals surface area contributed by atoms with Gasteiger partial charge in [0.05, 0.1) is 5.69 Å². The van der Waals surface area contributed by atoms with Crippen LogP contribution in [-0.2, 0) is 20.7 Å². The molecule has 4 rings (SSSR count). The first kappa shape index (κ1) is 20.0. The minimum absolute atomic E-state index is 0.0537. The van der Waals surface area contributed by atoms with E-state index in [4.69, 9.17) is 4.74 Å². The van der Waals surface area contributed by atoms with Crippen LogP contribution in [0.4, 0.5) is 11.4 Å². The molecule has 0 bridgehead atoms. The van der Waals surface area contributed by atoms with Crippen LogP contribution in [0.5, 0.6) is 0 Å². The molecule has 0 saturated heterocycles. The van der Waals surface area contributed by atoms with Crippen molar-refractivity contribution in [3.05, 3.63) is 96.1 Å². The molecular weight excluding hydrogens is 446 g/mol. The SMILES string of the molecule is O=C(CBr)OC1(Cc2ccccc2)C(=O)c2ccccc2N(c2ccccc2)C1=O. The molecule has 6 heteroatoms. The molecule has 1 atom stereocenters. The van der Waals surface area contributed by atoms with Crippen LogP contribution in [0.25, 0.3) is 0 Å². The van der Waals surface area contributed by atoms with Gasteiger partial charge < -0.3 is 4.74 Å². The maximum absolute atomic E-state index is 13.9. The minimum atomic E-state index is -1.99. The van der Waals surface area contributed by atoms with Crippen molar-refractivity contribution in [3.8, 4) is 0 Å². The van der Waals surface area contributed by atoms with Crippen molar-refractivity contribution in [1.82, 2.24) is 0 Å². The number of hydrogen-bond donors (Lipinski definition) is 0. The van der Waals surface area contributed by atoms with Gasteiger partial charge in [-0.1, -0.05) is 76.6 Å². The maximum Gasteiger partial charge on any atom is 0.318 e. The molecule has 0 saturated carbocycles. The first-order valence-electron chi connectivity index (χ1n) is 9.42. The van der Waals surface area contributed by atoms with E-state index >= 15 is 0 Å². The molecule has 0 spiro atoms. The van der Waals surface area contributed by atoms with Gasteiger partial charge in [0.1, 0.15) is 5.33 Å². The van der Waals surface area contributed by atoms with Crippen LogP contribution in [-0.4, -0.2) is 28.6 Å². The topological polar surface area (TPSA) is 63.7 Å². The Morgan fingerprint density at radius 2 is 1.47 bits per heavy atom. The first-order chi connectivity index (χ1) is 14.6. The molecule has 1 amide bonds. The van der Waals surface area contributed by atoms with E-state index in [0.29, 0.717) is 22.5 Å². The van der Waals surface area contributed by atoms with Crippen LogP contribution in [0.1, 0.15) is 15.9 Å². The molecule has 1 aliphatic rings. The highest BCUT2D eigenvalue weighted by Gasteiger charge is 2.56. The molecule has 0 fully saturated rings. The number of alkyl halides is 1. The number of hydrogen-bond acceptors (Lipinski definition) is 4. The fourth-order valence-electron chi connectivity index (χ4n) is 3.69. The number of halogens is 1. The van der Waals surface area contributed by atoms with E-state index in [-0.39, 0.29) is 11.8 Å². The maximum atomic E-state index is 13.9. The number of amides is 1. The Morgan fingerprint density at radius 3 is 2.13 bits per heavy atom. The van der Waals surface area contributed by atoms with Gasteiger partial charge in [0.25, 0.3) is 11.5 Å². The molecule has 0 aromatic heterocycles. The number of carbonyl (C=O) groups excluding carboxylic acids is 3. The number of anilines is 2. The van der Waals surface area contributed by atoms with Gasteiger partial charge in [-0.15, -0.1) is 0 Å². The van der Waals surface area contributed by atoms with Crippen LogP contribution < -0.4 is 4.90 Å². The lowest BCUT2D eigenvalue weighted by atomic mass is 9.81. The summed E-state index contributed by atoms with van der Waals surface area (Å²) in [5.74, 6) is -1.79. The summed E-state index contributed by atoms with van der Waals surface area (Å²) in [7, 11) is 0. The van der Waals surface area contributed by atoms with E-state index in [1.807, 2.05) is 36.4 Å². The number of ether oxygens (including phenoxy) is 1. The summed E-state index contributed by atoms with van der Waals surface area (Å²) in [6.07, 6.45) is -0.0537. The van der Waals surface area contributed by atoms with Gasteiger partial charge in [-0.2, -0.15) is 0 Å². The molecule has 1 heterocycles. The predicted octanol–water partition coefficient (Wildman–Crippen LogP) is 4.47. The van der Waals surface area contributed by atoms with Gasteiger partial charge in [0.2, 0.25) is 5.78 Å². The zero-order valence-electron chi connectivity index (χ0n) is 16.0. The summed E-state index contributed by atoms with van der Waals surface area (Å²) in [6, 6.07) is 25.0. The number of carbonyl (C=O) groups is 3. The average Bonchev–Trinajstić information content (AvgIpc) is 2.79. The third-order valence-corrected chi connectivity index (χ3v) is 5.47. The van der Waals surface area contributed by atoms with E-state index in [0.717, 1.165) is 0 Å². The number of fused-ring (bicyclic) bond motifs is 1. The zero-order valence-corrected chi connectivity index (χ0v) is 17.5. The molecular formula is C24H18BrNO4. The molecule has 0 radical (unpaired) electrons. The number of rotatable bonds is 5. The Bertz CT molecular complexity index is 1100. The lowest BCUT2D eigenvalue weighted by Crippen LogP contribution is -2.60. The summed E-state index contributed by atoms with van der Waals surface area (Å²) in [5.41, 5.74) is 0.122. The fourth-order valence-corrected chi connectivity index (χ4v) is 3.80. The number of benzene rings is 3. The molecule has 30 heavy (non-hydrogen) atoms. The van der Waals surface area contributed by atoms with E-state index < -0.39 is 23.3 Å². The Balaban J connectivity index is 1.93. The Kier molecular flexibility index (Phi) is 5.50. The number of esters is 1. The quantitative estimate of drug-likeness (QED) is 0.318. The van der Waals surface area contributed by atoms with E-state index in [1.54, 1.807) is 48.5 Å². The number of nitrogens with zero attached hydrogens (tertiary/aromatic N) is 1. The number of ketones is 1. The van der Waals surface area contributed by atoms with Gasteiger partial charge in [0, 0.05) is 17.7 Å². The van der Waals surface area contributed by atoms with Crippen molar-refractivity contribution in [2.75, 3.05) is 10.2 Å². The highest BCUT2D eigenvalue weighted by Crippen LogP contribution is 2.41. The molecule has 0 N–H and O–H groups in total. The minimum Gasteiger partial charge on any atom is -0.439 e. The highest BCUT2D eigenvalue weighted by molar-refractivity contribution is 9.09. The summed E-state index contributed by atoms with van der Waals surface area (Å²) in [4.78, 5) is 41.3. The van der Waals surface area contributed by atoms with Crippen LogP contribution in [0, 0.1) is 0 Å². The largest absolute Gasteiger partial charge is 0.439 e. The predicted molar refractivity (Wildman–Crippen MR) is 117 cm³/mol. The van der Waals surface area contributed by atoms with Crippen LogP contribution >= 0.6 is 15.9 Å². The van der Waals surface area contributed by atoms with Crippen molar-refractivity contribution < 1.29 is 19.1 Å². The summed E-state index contributed by atoms with van der Waals surface area (Å²) in [6.45, 7) is 0. The summed E-state index contributed by atoms with van der Waals surface area (Å²) < 4.78 is 5.64. The zero-order chi connectivity index (χ0) is 21.1. The molecule has 150 valence electrons. The summed E-state index contributed by atoms with van der Waals surface area (Å²) in [5, 5.41) is -0.128. The second-order valence-corrected chi connectivity index (χ2v) is 7.48. The van der Waals surface area contributed by atoms with Crippen molar-refractivity contribution in [2.45, 2.75) is 12.0 Å². The first-order valence-corrected chi connectivity index (χ1v) is 10.5. The average molecular weight is 464 g/mol. The number of para-hydroxylation sites is 2. The Morgan fingerprint density at radius 1 is 0.867 bits per heavy atom. The van der Waals surface area contributed by atoms with Crippen LogP contribution in [0.3, 0.4) is 0 Å². The molecule has 3 aromatic carbocycles. The van der Waals surface area contributed by atoms with Crippen molar-refractivity contribution >= 4 is 45.0 Å². The van der Waals surface area contributed by atoms with E-state index in [2.05, 4.69) is 15.9 Å². The van der Waals surface area contributed by atoms with Crippen molar-refractivity contribution in [1.29, 1.82) is 0 Å². The lowest BCUT2D eigenvalue weighted by molar-refractivity contribution is -0.159. The second kappa shape index (κ2) is 8.24. The normalized spacial score (nSPS) is 18.1. The van der Waals surface area contributed by atoms with Gasteiger partial charge in [-0.25, -0.2) is 0 Å². The van der Waals surface area contributed by atoms with Gasteiger partial charge in [0.15, 0.2) is 0 Å².